The largest absolute Gasteiger partial charge is 0.472 e. The van der Waals surface area contributed by atoms with E-state index in [2.05, 4.69) is 70.7 Å². The van der Waals surface area contributed by atoms with E-state index in [9.17, 15) is 44.0 Å². The van der Waals surface area contributed by atoms with Gasteiger partial charge in [-0.15, -0.1) is 0 Å². The molecule has 0 saturated heterocycles. The summed E-state index contributed by atoms with van der Waals surface area (Å²) < 4.78 is 48.4. The summed E-state index contributed by atoms with van der Waals surface area (Å²) in [5.74, 6) is 21.7. The number of aliphatic hydroxyl groups excluding tert-OH is 4. The molecule has 0 bridgehead atoms. The van der Waals surface area contributed by atoms with Gasteiger partial charge in [-0.1, -0.05) is 89.9 Å². The van der Waals surface area contributed by atoms with Crippen LogP contribution in [-0.2, 0) is 41.8 Å². The first kappa shape index (κ1) is 49.8. The number of hydrogen-bond acceptors (Lipinski definition) is 13. The van der Waals surface area contributed by atoms with Gasteiger partial charge in [0.25, 0.3) is 0 Å². The summed E-state index contributed by atoms with van der Waals surface area (Å²) >= 11 is 0. The molecule has 1 aliphatic rings. The van der Waals surface area contributed by atoms with Gasteiger partial charge in [-0.2, -0.15) is 0 Å². The molecule has 18 heteroatoms. The van der Waals surface area contributed by atoms with Crippen LogP contribution in [0.15, 0.2) is 0 Å². The second-order valence-electron chi connectivity index (χ2n) is 12.4. The van der Waals surface area contributed by atoms with Gasteiger partial charge in [-0.05, 0) is 60.7 Å². The van der Waals surface area contributed by atoms with Gasteiger partial charge in [-0.25, -0.2) is 13.9 Å². The Bertz CT molecular complexity index is 1600. The molecule has 55 heavy (non-hydrogen) atoms. The number of aliphatic hydroxyl groups is 4. The standard InChI is InChI=1S/C37H52O16P2/c1-3-5-7-9-11-13-14-15-16-18-20-22-24-26-31(39)51-29(27-49-30(38)25-23-21-19-17-12-10-8-6-4-2)28-50-55(47,48)53-37-34(42)32(40)33(41)36(35(37)43)52-54(44,45)46/h29,32-37,40-43H,3,5,7,9,11,13-16,18,20,22,24,26-28H2,1-2H3,(H,47,48)(H2,44,45,46)/t29-,32-,33+,34?,35+,36?,37?/m1/s1. The molecule has 0 radical (unpaired) electrons. The Morgan fingerprint density at radius 3 is 1.60 bits per heavy atom. The number of carbonyl (C=O) groups excluding carboxylic acids is 2. The third kappa shape index (κ3) is 23.5. The fraction of sp³-hybridized carbons (Fsp3) is 0.676. The van der Waals surface area contributed by atoms with Gasteiger partial charge in [0.2, 0.25) is 0 Å². The SMILES string of the molecule is CC#CC#CC#CC#CC#CC(=O)OC[C@H](COP(=O)(O)OC1C(O)[C@H](O)[C@H](O)C(OP(=O)(O)O)[C@@H]1O)OC(=O)CCCCCCCCCCCCCCC. The summed E-state index contributed by atoms with van der Waals surface area (Å²) in [4.78, 5) is 53.4. The van der Waals surface area contributed by atoms with Crippen LogP contribution in [0.2, 0.25) is 0 Å². The topological polar surface area (TPSA) is 256 Å². The number of phosphoric acid groups is 2. The Morgan fingerprint density at radius 2 is 1.09 bits per heavy atom. The Balaban J connectivity index is 2.81. The number of phosphoric ester groups is 2. The van der Waals surface area contributed by atoms with Crippen LogP contribution in [0.5, 0.6) is 0 Å². The second-order valence-corrected chi connectivity index (χ2v) is 15.0. The van der Waals surface area contributed by atoms with Crippen molar-refractivity contribution in [1.82, 2.24) is 0 Å². The van der Waals surface area contributed by atoms with Crippen molar-refractivity contribution in [2.24, 2.45) is 0 Å². The normalized spacial score (nSPS) is 21.8. The van der Waals surface area contributed by atoms with E-state index in [4.69, 9.17) is 28.3 Å². The van der Waals surface area contributed by atoms with Crippen LogP contribution in [0.3, 0.4) is 0 Å². The van der Waals surface area contributed by atoms with Gasteiger partial charge in [0.05, 0.1) is 6.61 Å². The average molecular weight is 815 g/mol. The quantitative estimate of drug-likeness (QED) is 0.0243. The van der Waals surface area contributed by atoms with E-state index < -0.39 is 83.5 Å². The fourth-order valence-corrected chi connectivity index (χ4v) is 6.68. The molecule has 0 spiro atoms. The summed E-state index contributed by atoms with van der Waals surface area (Å²) in [5.41, 5.74) is 0. The van der Waals surface area contributed by atoms with E-state index in [0.29, 0.717) is 6.42 Å². The maximum Gasteiger partial charge on any atom is 0.472 e. The zero-order chi connectivity index (χ0) is 41.1. The van der Waals surface area contributed by atoms with Crippen molar-refractivity contribution in [3.8, 4) is 59.2 Å². The number of unbranched alkanes of at least 4 members (excludes halogenated alkanes) is 12. The van der Waals surface area contributed by atoms with Crippen LogP contribution in [-0.4, -0.2) is 103 Å². The lowest BCUT2D eigenvalue weighted by Gasteiger charge is -2.43. The van der Waals surface area contributed by atoms with Crippen LogP contribution in [0.25, 0.3) is 0 Å². The molecule has 1 aliphatic carbocycles. The summed E-state index contributed by atoms with van der Waals surface area (Å²) in [7, 11) is -10.7. The van der Waals surface area contributed by atoms with E-state index in [-0.39, 0.29) is 6.42 Å². The van der Waals surface area contributed by atoms with Crippen LogP contribution in [0.1, 0.15) is 104 Å². The Hall–Kier alpha value is -3.20. The molecule has 1 rings (SSSR count). The first-order valence-electron chi connectivity index (χ1n) is 18.0. The third-order valence-corrected chi connectivity index (χ3v) is 9.40. The molecule has 4 unspecified atom stereocenters. The van der Waals surface area contributed by atoms with E-state index in [1.807, 2.05) is 0 Å². The van der Waals surface area contributed by atoms with Gasteiger partial charge in [0.1, 0.15) is 43.2 Å². The number of ether oxygens (including phenoxy) is 2. The predicted molar refractivity (Wildman–Crippen MR) is 197 cm³/mol. The molecule has 1 saturated carbocycles. The van der Waals surface area contributed by atoms with Crippen molar-refractivity contribution in [2.75, 3.05) is 13.2 Å². The zero-order valence-corrected chi connectivity index (χ0v) is 32.8. The molecule has 0 heterocycles. The molecule has 0 aliphatic heterocycles. The van der Waals surface area contributed by atoms with E-state index in [1.165, 1.54) is 44.9 Å². The highest BCUT2D eigenvalue weighted by Gasteiger charge is 2.54. The molecule has 7 N–H and O–H groups in total. The van der Waals surface area contributed by atoms with Crippen molar-refractivity contribution in [2.45, 2.75) is 146 Å². The highest BCUT2D eigenvalue weighted by Crippen LogP contribution is 2.49. The van der Waals surface area contributed by atoms with Crippen molar-refractivity contribution < 1.29 is 76.9 Å². The van der Waals surface area contributed by atoms with Gasteiger partial charge < -0.3 is 44.6 Å². The van der Waals surface area contributed by atoms with Gasteiger partial charge in [-0.3, -0.25) is 18.4 Å². The number of carbonyl (C=O) groups is 2. The van der Waals surface area contributed by atoms with Gasteiger partial charge in [0.15, 0.2) is 6.10 Å². The maximum atomic E-state index is 12.8. The minimum Gasteiger partial charge on any atom is -0.456 e. The third-order valence-electron chi connectivity index (χ3n) is 7.89. The highest BCUT2D eigenvalue weighted by molar-refractivity contribution is 7.47. The molecular formula is C37H52O16P2. The number of esters is 2. The van der Waals surface area contributed by atoms with Crippen molar-refractivity contribution in [1.29, 1.82) is 0 Å². The zero-order valence-electron chi connectivity index (χ0n) is 31.1. The van der Waals surface area contributed by atoms with Crippen molar-refractivity contribution >= 4 is 27.6 Å². The summed E-state index contributed by atoms with van der Waals surface area (Å²) in [6, 6.07) is 0. The monoisotopic (exact) mass is 814 g/mol. The Labute approximate surface area is 322 Å². The minimum absolute atomic E-state index is 0.0248. The molecular weight excluding hydrogens is 762 g/mol. The first-order chi connectivity index (χ1) is 26.1. The molecule has 1 fully saturated rings. The van der Waals surface area contributed by atoms with Crippen LogP contribution >= 0.6 is 15.6 Å². The van der Waals surface area contributed by atoms with Crippen LogP contribution in [0.4, 0.5) is 0 Å². The number of hydrogen-bond donors (Lipinski definition) is 7. The summed E-state index contributed by atoms with van der Waals surface area (Å²) in [6.45, 7) is 2.15. The molecule has 0 aromatic rings. The minimum atomic E-state index is -5.38. The Kier molecular flexibility index (Phi) is 25.6. The molecule has 16 nitrogen and oxygen atoms in total. The van der Waals surface area contributed by atoms with E-state index >= 15 is 0 Å². The van der Waals surface area contributed by atoms with Gasteiger partial charge >= 0.3 is 27.6 Å². The maximum absolute atomic E-state index is 12.8. The fourth-order valence-electron chi connectivity index (χ4n) is 5.14. The first-order valence-corrected chi connectivity index (χ1v) is 21.0. The van der Waals surface area contributed by atoms with Crippen LogP contribution in [0, 0.1) is 59.2 Å². The summed E-state index contributed by atoms with van der Waals surface area (Å²) in [6.07, 6.45) is -0.967. The molecule has 0 amide bonds. The number of rotatable bonds is 24. The van der Waals surface area contributed by atoms with E-state index in [0.717, 1.165) is 32.1 Å². The average Bonchev–Trinajstić information content (AvgIpc) is 3.13. The molecule has 306 valence electrons. The highest BCUT2D eigenvalue weighted by atomic mass is 31.2. The second kappa shape index (κ2) is 28.2. The van der Waals surface area contributed by atoms with E-state index in [1.54, 1.807) is 6.92 Å². The lowest BCUT2D eigenvalue weighted by Crippen LogP contribution is -2.64. The molecule has 8 atom stereocenters. The predicted octanol–water partition coefficient (Wildman–Crippen LogP) is 2.40. The van der Waals surface area contributed by atoms with Crippen LogP contribution < -0.4 is 0 Å². The molecule has 0 aromatic carbocycles. The smallest absolute Gasteiger partial charge is 0.456 e. The molecule has 0 aromatic heterocycles. The van der Waals surface area contributed by atoms with Gasteiger partial charge in [0, 0.05) is 12.3 Å². The lowest BCUT2D eigenvalue weighted by atomic mass is 9.85. The summed E-state index contributed by atoms with van der Waals surface area (Å²) in [5, 5.41) is 40.9. The van der Waals surface area contributed by atoms with Crippen molar-refractivity contribution in [3.63, 3.8) is 0 Å². The Morgan fingerprint density at radius 1 is 0.618 bits per heavy atom. The lowest BCUT2D eigenvalue weighted by molar-refractivity contribution is -0.216. The van der Waals surface area contributed by atoms with Crippen molar-refractivity contribution in [3.05, 3.63) is 0 Å².